The smallest absolute Gasteiger partial charge is 0.328 e. The van der Waals surface area contributed by atoms with E-state index < -0.39 is 5.97 Å². The third-order valence-electron chi connectivity index (χ3n) is 9.24. The van der Waals surface area contributed by atoms with Crippen LogP contribution in [0, 0.1) is 0 Å². The van der Waals surface area contributed by atoms with E-state index in [1.807, 2.05) is 4.90 Å². The van der Waals surface area contributed by atoms with Crippen molar-refractivity contribution in [1.82, 2.24) is 4.90 Å². The third kappa shape index (κ3) is 33.6. The zero-order chi connectivity index (χ0) is 32.2. The number of rotatable bonds is 36. The van der Waals surface area contributed by atoms with Gasteiger partial charge in [0.1, 0.15) is 0 Å². The van der Waals surface area contributed by atoms with Gasteiger partial charge in [-0.2, -0.15) is 0 Å². The maximum Gasteiger partial charge on any atom is 0.328 e. The summed E-state index contributed by atoms with van der Waals surface area (Å²) in [5.74, 6) is -1.20. The fraction of sp³-hybridized carbons (Fsp3) is 0.900. The summed E-state index contributed by atoms with van der Waals surface area (Å²) in [5, 5.41) is 8.94. The lowest BCUT2D eigenvalue weighted by Crippen LogP contribution is -2.31. The lowest BCUT2D eigenvalue weighted by molar-refractivity contribution is -0.132. The van der Waals surface area contributed by atoms with Gasteiger partial charge in [0.2, 0.25) is 5.91 Å². The average molecular weight is 620 g/mol. The Balaban J connectivity index is 3.78. The van der Waals surface area contributed by atoms with Gasteiger partial charge in [-0.3, -0.25) is 4.79 Å². The van der Waals surface area contributed by atoms with Crippen molar-refractivity contribution < 1.29 is 14.7 Å². The topological polar surface area (TPSA) is 57.6 Å². The van der Waals surface area contributed by atoms with Crippen LogP contribution in [0.15, 0.2) is 12.2 Å². The van der Waals surface area contributed by atoms with Crippen LogP contribution in [-0.2, 0) is 9.59 Å². The van der Waals surface area contributed by atoms with Crippen molar-refractivity contribution >= 4 is 11.9 Å². The van der Waals surface area contributed by atoms with Gasteiger partial charge in [0, 0.05) is 25.2 Å². The van der Waals surface area contributed by atoms with Gasteiger partial charge in [0.05, 0.1) is 0 Å². The van der Waals surface area contributed by atoms with Crippen LogP contribution in [0.5, 0.6) is 0 Å². The highest BCUT2D eigenvalue weighted by Crippen LogP contribution is 2.16. The summed E-state index contributed by atoms with van der Waals surface area (Å²) < 4.78 is 0. The minimum Gasteiger partial charge on any atom is -0.478 e. The van der Waals surface area contributed by atoms with Gasteiger partial charge >= 0.3 is 5.97 Å². The number of aliphatic carboxylic acids is 1. The summed E-state index contributed by atoms with van der Waals surface area (Å²) >= 11 is 0. The summed E-state index contributed by atoms with van der Waals surface area (Å²) in [6, 6.07) is 0. The molecule has 1 N–H and O–H groups in total. The third-order valence-corrected chi connectivity index (χ3v) is 9.24. The largest absolute Gasteiger partial charge is 0.478 e. The molecule has 0 atom stereocenters. The van der Waals surface area contributed by atoms with Gasteiger partial charge in [-0.15, -0.1) is 0 Å². The van der Waals surface area contributed by atoms with Crippen LogP contribution in [0.4, 0.5) is 0 Å². The van der Waals surface area contributed by atoms with Crippen molar-refractivity contribution in [3.63, 3.8) is 0 Å². The molecule has 260 valence electrons. The van der Waals surface area contributed by atoms with E-state index in [2.05, 4.69) is 13.8 Å². The molecule has 0 aliphatic carbocycles. The van der Waals surface area contributed by atoms with Crippen LogP contribution in [0.1, 0.15) is 219 Å². The predicted octanol–water partition coefficient (Wildman–Crippen LogP) is 13.0. The van der Waals surface area contributed by atoms with Gasteiger partial charge in [0.15, 0.2) is 0 Å². The van der Waals surface area contributed by atoms with E-state index in [1.165, 1.54) is 186 Å². The number of carbonyl (C=O) groups is 2. The zero-order valence-electron chi connectivity index (χ0n) is 29.9. The second-order valence-corrected chi connectivity index (χ2v) is 13.6. The predicted molar refractivity (Wildman–Crippen MR) is 192 cm³/mol. The first-order valence-corrected chi connectivity index (χ1v) is 19.8. The molecule has 1 amide bonds. The van der Waals surface area contributed by atoms with Crippen LogP contribution in [-0.4, -0.2) is 35.0 Å². The molecule has 0 aliphatic rings. The second-order valence-electron chi connectivity index (χ2n) is 13.6. The number of amides is 1. The fourth-order valence-electron chi connectivity index (χ4n) is 6.28. The Morgan fingerprint density at radius 1 is 0.386 bits per heavy atom. The maximum atomic E-state index is 12.6. The van der Waals surface area contributed by atoms with E-state index in [1.54, 1.807) is 0 Å². The number of nitrogens with zero attached hydrogens (tertiary/aromatic N) is 1. The Hall–Kier alpha value is -1.32. The lowest BCUT2D eigenvalue weighted by Gasteiger charge is -2.21. The first-order chi connectivity index (χ1) is 21.6. The summed E-state index contributed by atoms with van der Waals surface area (Å²) in [4.78, 5) is 25.4. The molecule has 44 heavy (non-hydrogen) atoms. The van der Waals surface area contributed by atoms with E-state index in [0.717, 1.165) is 44.8 Å². The first kappa shape index (κ1) is 42.7. The maximum absolute atomic E-state index is 12.6. The number of unbranched alkanes of at least 4 members (excludes halogenated alkanes) is 30. The summed E-state index contributed by atoms with van der Waals surface area (Å²) in [6.07, 6.45) is 45.1. The van der Waals surface area contributed by atoms with Gasteiger partial charge in [0.25, 0.3) is 0 Å². The van der Waals surface area contributed by atoms with Crippen molar-refractivity contribution in [2.75, 3.05) is 13.1 Å². The molecule has 0 aliphatic heterocycles. The van der Waals surface area contributed by atoms with Crippen molar-refractivity contribution in [3.8, 4) is 0 Å². The summed E-state index contributed by atoms with van der Waals surface area (Å²) in [6.45, 7) is 6.06. The van der Waals surface area contributed by atoms with E-state index in [0.29, 0.717) is 0 Å². The van der Waals surface area contributed by atoms with Gasteiger partial charge in [-0.25, -0.2) is 4.79 Å². The molecule has 0 aromatic rings. The standard InChI is InChI=1S/C40H77NO3/c1-3-5-7-9-11-13-15-17-19-21-23-25-27-29-31-33-37-41(39(42)35-36-40(43)44)38-34-32-30-28-26-24-22-20-18-16-14-12-10-8-6-4-2/h35-36H,3-34,37-38H2,1-2H3,(H,43,44)/b36-35-. The number of carbonyl (C=O) groups excluding carboxylic acids is 1. The molecule has 0 unspecified atom stereocenters. The minimum atomic E-state index is -1.05. The Morgan fingerprint density at radius 3 is 0.841 bits per heavy atom. The lowest BCUT2D eigenvalue weighted by atomic mass is 10.0. The van der Waals surface area contributed by atoms with E-state index in [-0.39, 0.29) is 5.91 Å². The van der Waals surface area contributed by atoms with Crippen LogP contribution in [0.2, 0.25) is 0 Å². The highest BCUT2D eigenvalue weighted by Gasteiger charge is 2.10. The molecule has 0 rings (SSSR count). The van der Waals surface area contributed by atoms with Crippen LogP contribution in [0.3, 0.4) is 0 Å². The molecular weight excluding hydrogens is 542 g/mol. The first-order valence-electron chi connectivity index (χ1n) is 19.8. The van der Waals surface area contributed by atoms with E-state index >= 15 is 0 Å². The second kappa shape index (κ2) is 36.2. The average Bonchev–Trinajstić information content (AvgIpc) is 3.02. The molecule has 4 nitrogen and oxygen atoms in total. The van der Waals surface area contributed by atoms with Crippen molar-refractivity contribution in [1.29, 1.82) is 0 Å². The molecule has 4 heteroatoms. The molecule has 0 aromatic heterocycles. The van der Waals surface area contributed by atoms with Gasteiger partial charge in [-0.05, 0) is 12.8 Å². The van der Waals surface area contributed by atoms with Crippen LogP contribution < -0.4 is 0 Å². The van der Waals surface area contributed by atoms with Gasteiger partial charge < -0.3 is 10.0 Å². The molecule has 0 fully saturated rings. The Bertz CT molecular complexity index is 596. The van der Waals surface area contributed by atoms with Crippen molar-refractivity contribution in [2.24, 2.45) is 0 Å². The molecule has 0 bridgehead atoms. The molecule has 0 heterocycles. The molecule has 0 spiro atoms. The molecule has 0 saturated carbocycles. The van der Waals surface area contributed by atoms with Crippen molar-refractivity contribution in [3.05, 3.63) is 12.2 Å². The van der Waals surface area contributed by atoms with Crippen LogP contribution in [0.25, 0.3) is 0 Å². The summed E-state index contributed by atoms with van der Waals surface area (Å²) in [7, 11) is 0. The van der Waals surface area contributed by atoms with Crippen molar-refractivity contribution in [2.45, 2.75) is 219 Å². The Kier molecular flexibility index (Phi) is 35.1. The summed E-state index contributed by atoms with van der Waals surface area (Å²) in [5.41, 5.74) is 0. The number of hydrogen-bond acceptors (Lipinski definition) is 2. The number of carboxylic acids is 1. The number of carboxylic acid groups (broad SMARTS) is 1. The Morgan fingerprint density at radius 2 is 0.614 bits per heavy atom. The fourth-order valence-corrected chi connectivity index (χ4v) is 6.28. The van der Waals surface area contributed by atoms with E-state index in [4.69, 9.17) is 5.11 Å². The highest BCUT2D eigenvalue weighted by molar-refractivity contribution is 5.93. The van der Waals surface area contributed by atoms with Gasteiger partial charge in [-0.1, -0.05) is 206 Å². The molecule has 0 aromatic carbocycles. The quantitative estimate of drug-likeness (QED) is 0.0560. The molecule has 0 radical (unpaired) electrons. The van der Waals surface area contributed by atoms with Crippen LogP contribution >= 0.6 is 0 Å². The van der Waals surface area contributed by atoms with E-state index in [9.17, 15) is 9.59 Å². The molecule has 0 saturated heterocycles. The normalized spacial score (nSPS) is 11.5. The zero-order valence-corrected chi connectivity index (χ0v) is 29.9. The number of hydrogen-bond donors (Lipinski definition) is 1. The highest BCUT2D eigenvalue weighted by atomic mass is 16.4. The SMILES string of the molecule is CCCCCCCCCCCCCCCCCCN(CCCCCCCCCCCCCCCCCC)C(=O)/C=C\C(=O)O. The minimum absolute atomic E-state index is 0.144. The Labute approximate surface area is 275 Å². The molecular formula is C40H77NO3. The monoisotopic (exact) mass is 620 g/mol.